The van der Waals surface area contributed by atoms with Crippen molar-refractivity contribution in [3.8, 4) is 5.75 Å². The van der Waals surface area contributed by atoms with E-state index < -0.39 is 11.9 Å². The molecule has 0 saturated carbocycles. The number of carboxylic acids is 1. The molecule has 5 nitrogen and oxygen atoms in total. The second kappa shape index (κ2) is 8.20. The van der Waals surface area contributed by atoms with E-state index in [9.17, 15) is 19.8 Å². The monoisotopic (exact) mass is 477 g/mol. The Hall–Kier alpha value is -2.31. The van der Waals surface area contributed by atoms with E-state index >= 15 is 0 Å². The van der Waals surface area contributed by atoms with E-state index in [1.165, 1.54) is 16.7 Å². The van der Waals surface area contributed by atoms with Crippen LogP contribution < -0.4 is 0 Å². The Morgan fingerprint density at radius 3 is 2.38 bits per heavy atom. The SMILES string of the molecule is CCC(C)[C@H](C(=O)O)c1c(C)n(C(=O)c2ccc(Br)cc2)c2cc(Cl)c(O)cc12. The Morgan fingerprint density at radius 1 is 1.21 bits per heavy atom. The Morgan fingerprint density at radius 2 is 1.83 bits per heavy atom. The van der Waals surface area contributed by atoms with Crippen molar-refractivity contribution < 1.29 is 19.8 Å². The van der Waals surface area contributed by atoms with E-state index in [1.807, 2.05) is 13.8 Å². The standard InChI is InChI=1S/C22H21BrClNO4/c1-4-11(2)19(22(28)29)20-12(3)25(17-10-16(24)18(26)9-15(17)20)21(27)13-5-7-14(23)8-6-13/h5-11,19,26H,4H2,1-3H3,(H,28,29)/t11?,19-/m0/s1. The van der Waals surface area contributed by atoms with Gasteiger partial charge in [0.1, 0.15) is 5.75 Å². The molecule has 0 spiro atoms. The van der Waals surface area contributed by atoms with Crippen LogP contribution in [-0.2, 0) is 4.79 Å². The van der Waals surface area contributed by atoms with Gasteiger partial charge in [-0.25, -0.2) is 0 Å². The molecule has 0 bridgehead atoms. The number of carboxylic acid groups (broad SMARTS) is 1. The topological polar surface area (TPSA) is 79.5 Å². The first-order valence-corrected chi connectivity index (χ1v) is 10.4. The Bertz CT molecular complexity index is 1100. The first-order valence-electron chi connectivity index (χ1n) is 9.23. The molecule has 0 aliphatic heterocycles. The Labute approximate surface area is 182 Å². The van der Waals surface area contributed by atoms with Crippen molar-refractivity contribution >= 4 is 50.3 Å². The van der Waals surface area contributed by atoms with Crippen LogP contribution in [0.25, 0.3) is 10.9 Å². The number of aromatic hydroxyl groups is 1. The summed E-state index contributed by atoms with van der Waals surface area (Å²) >= 11 is 9.48. The molecule has 2 aromatic carbocycles. The van der Waals surface area contributed by atoms with E-state index in [0.29, 0.717) is 34.1 Å². The molecule has 0 amide bonds. The van der Waals surface area contributed by atoms with Gasteiger partial charge in [0.05, 0.1) is 16.5 Å². The van der Waals surface area contributed by atoms with Crippen molar-refractivity contribution in [3.63, 3.8) is 0 Å². The molecule has 0 fully saturated rings. The van der Waals surface area contributed by atoms with E-state index in [0.717, 1.165) is 4.47 Å². The van der Waals surface area contributed by atoms with Gasteiger partial charge in [0.15, 0.2) is 0 Å². The first-order chi connectivity index (χ1) is 13.7. The van der Waals surface area contributed by atoms with Gasteiger partial charge in [-0.2, -0.15) is 0 Å². The van der Waals surface area contributed by atoms with Crippen LogP contribution in [0.4, 0.5) is 0 Å². The summed E-state index contributed by atoms with van der Waals surface area (Å²) in [6, 6.07) is 9.89. The highest BCUT2D eigenvalue weighted by Crippen LogP contribution is 2.40. The van der Waals surface area contributed by atoms with Gasteiger partial charge >= 0.3 is 5.97 Å². The minimum absolute atomic E-state index is 0.0989. The molecule has 3 rings (SSSR count). The molecule has 0 aliphatic carbocycles. The van der Waals surface area contributed by atoms with Crippen LogP contribution in [0.15, 0.2) is 40.9 Å². The number of carbonyl (C=O) groups excluding carboxylic acids is 1. The molecule has 0 radical (unpaired) electrons. The number of benzene rings is 2. The summed E-state index contributed by atoms with van der Waals surface area (Å²) in [7, 11) is 0. The molecular formula is C22H21BrClNO4. The molecule has 0 saturated heterocycles. The highest BCUT2D eigenvalue weighted by molar-refractivity contribution is 9.10. The molecule has 3 aromatic rings. The summed E-state index contributed by atoms with van der Waals surface area (Å²) in [5.41, 5.74) is 1.99. The third-order valence-electron chi connectivity index (χ3n) is 5.41. The van der Waals surface area contributed by atoms with Gasteiger partial charge in [0.2, 0.25) is 0 Å². The maximum absolute atomic E-state index is 13.3. The van der Waals surface area contributed by atoms with Crippen molar-refractivity contribution in [1.29, 1.82) is 0 Å². The fourth-order valence-electron chi connectivity index (χ4n) is 3.71. The fraction of sp³-hybridized carbons (Fsp3) is 0.273. The summed E-state index contributed by atoms with van der Waals surface area (Å²) < 4.78 is 2.33. The summed E-state index contributed by atoms with van der Waals surface area (Å²) in [5.74, 6) is -2.39. The third kappa shape index (κ3) is 3.79. The lowest BCUT2D eigenvalue weighted by Crippen LogP contribution is -2.21. The largest absolute Gasteiger partial charge is 0.506 e. The molecule has 1 unspecified atom stereocenters. The van der Waals surface area contributed by atoms with E-state index in [4.69, 9.17) is 11.6 Å². The molecule has 0 aliphatic rings. The number of halogens is 2. The van der Waals surface area contributed by atoms with Crippen LogP contribution in [0.1, 0.15) is 47.8 Å². The molecule has 1 aromatic heterocycles. The molecule has 2 atom stereocenters. The summed E-state index contributed by atoms with van der Waals surface area (Å²) in [4.78, 5) is 25.5. The lowest BCUT2D eigenvalue weighted by Gasteiger charge is -2.20. The zero-order chi connectivity index (χ0) is 21.5. The zero-order valence-electron chi connectivity index (χ0n) is 16.2. The van der Waals surface area contributed by atoms with Crippen molar-refractivity contribution in [2.24, 2.45) is 5.92 Å². The van der Waals surface area contributed by atoms with Crippen LogP contribution in [-0.4, -0.2) is 26.7 Å². The minimum atomic E-state index is -0.966. The lowest BCUT2D eigenvalue weighted by atomic mass is 9.84. The maximum atomic E-state index is 13.3. The van der Waals surface area contributed by atoms with E-state index in [1.54, 1.807) is 31.2 Å². The number of hydrogen-bond acceptors (Lipinski definition) is 3. The van der Waals surface area contributed by atoms with Crippen LogP contribution in [0.3, 0.4) is 0 Å². The number of rotatable bonds is 5. The van der Waals surface area contributed by atoms with Crippen LogP contribution in [0, 0.1) is 12.8 Å². The van der Waals surface area contributed by atoms with Gasteiger partial charge in [-0.3, -0.25) is 14.2 Å². The van der Waals surface area contributed by atoms with Crippen molar-refractivity contribution in [1.82, 2.24) is 4.57 Å². The number of phenols is 1. The van der Waals surface area contributed by atoms with Gasteiger partial charge in [-0.15, -0.1) is 0 Å². The number of hydrogen-bond donors (Lipinski definition) is 2. The number of aliphatic carboxylic acids is 1. The number of phenolic OH excluding ortho intramolecular Hbond substituents is 1. The predicted molar refractivity (Wildman–Crippen MR) is 117 cm³/mol. The zero-order valence-corrected chi connectivity index (χ0v) is 18.6. The molecule has 1 heterocycles. The van der Waals surface area contributed by atoms with Crippen LogP contribution >= 0.6 is 27.5 Å². The average molecular weight is 479 g/mol. The van der Waals surface area contributed by atoms with E-state index in [2.05, 4.69) is 15.9 Å². The highest BCUT2D eigenvalue weighted by atomic mass is 79.9. The summed E-state index contributed by atoms with van der Waals surface area (Å²) in [6.07, 6.45) is 0.656. The van der Waals surface area contributed by atoms with Crippen molar-refractivity contribution in [2.45, 2.75) is 33.1 Å². The molecule has 7 heteroatoms. The predicted octanol–water partition coefficient (Wildman–Crippen LogP) is 5.97. The van der Waals surface area contributed by atoms with Crippen molar-refractivity contribution in [2.75, 3.05) is 0 Å². The number of nitrogens with zero attached hydrogens (tertiary/aromatic N) is 1. The van der Waals surface area contributed by atoms with Gasteiger partial charge < -0.3 is 10.2 Å². The van der Waals surface area contributed by atoms with E-state index in [-0.39, 0.29) is 22.6 Å². The number of fused-ring (bicyclic) bond motifs is 1. The van der Waals surface area contributed by atoms with Gasteiger partial charge in [0.25, 0.3) is 5.91 Å². The second-order valence-corrected chi connectivity index (χ2v) is 8.49. The van der Waals surface area contributed by atoms with Gasteiger partial charge in [-0.1, -0.05) is 47.8 Å². The molecular weight excluding hydrogens is 458 g/mol. The Kier molecular flexibility index (Phi) is 6.05. The summed E-state index contributed by atoms with van der Waals surface area (Å²) in [6.45, 7) is 5.53. The van der Waals surface area contributed by atoms with Gasteiger partial charge in [-0.05, 0) is 54.8 Å². The molecule has 152 valence electrons. The fourth-order valence-corrected chi connectivity index (χ4v) is 4.13. The quantitative estimate of drug-likeness (QED) is 0.473. The van der Waals surface area contributed by atoms with Crippen molar-refractivity contribution in [3.05, 3.63) is 62.7 Å². The highest BCUT2D eigenvalue weighted by Gasteiger charge is 2.33. The third-order valence-corrected chi connectivity index (χ3v) is 6.24. The second-order valence-electron chi connectivity index (χ2n) is 7.17. The smallest absolute Gasteiger partial charge is 0.311 e. The summed E-state index contributed by atoms with van der Waals surface area (Å²) in [5, 5.41) is 20.7. The Balaban J connectivity index is 2.35. The first kappa shape index (κ1) is 21.4. The van der Waals surface area contributed by atoms with Crippen LogP contribution in [0.5, 0.6) is 5.75 Å². The number of aromatic nitrogens is 1. The molecule has 2 N–H and O–H groups in total. The molecule has 29 heavy (non-hydrogen) atoms. The average Bonchev–Trinajstić information content (AvgIpc) is 2.93. The van der Waals surface area contributed by atoms with Crippen LogP contribution in [0.2, 0.25) is 5.02 Å². The minimum Gasteiger partial charge on any atom is -0.506 e. The van der Waals surface area contributed by atoms with Gasteiger partial charge in [0, 0.05) is 21.1 Å². The lowest BCUT2D eigenvalue weighted by molar-refractivity contribution is -0.140. The number of carbonyl (C=O) groups is 2. The normalized spacial score (nSPS) is 13.4. The maximum Gasteiger partial charge on any atom is 0.311 e.